The molecule has 0 aliphatic heterocycles. The van der Waals surface area contributed by atoms with Crippen LogP contribution in [0.1, 0.15) is 21.9 Å². The number of benzene rings is 1. The van der Waals surface area contributed by atoms with Gasteiger partial charge < -0.3 is 5.11 Å². The summed E-state index contributed by atoms with van der Waals surface area (Å²) in [4.78, 5) is 18.7. The van der Waals surface area contributed by atoms with Crippen molar-refractivity contribution in [2.75, 3.05) is 0 Å². The maximum atomic E-state index is 10.7. The molecular weight excluding hydrogens is 204 g/mol. The molecule has 0 aliphatic rings. The normalized spacial score (nSPS) is 10.0. The van der Waals surface area contributed by atoms with E-state index in [2.05, 4.69) is 9.97 Å². The second-order valence-corrected chi connectivity index (χ2v) is 3.33. The van der Waals surface area contributed by atoms with Crippen molar-refractivity contribution in [2.24, 2.45) is 0 Å². The van der Waals surface area contributed by atoms with Crippen LogP contribution >= 0.6 is 0 Å². The number of hydrogen-bond acceptors (Lipinski definition) is 3. The molecule has 0 atom stereocenters. The van der Waals surface area contributed by atoms with Crippen LogP contribution < -0.4 is 0 Å². The van der Waals surface area contributed by atoms with E-state index in [0.717, 1.165) is 5.56 Å². The molecule has 0 saturated carbocycles. The van der Waals surface area contributed by atoms with E-state index >= 15 is 0 Å². The van der Waals surface area contributed by atoms with E-state index in [1.54, 1.807) is 0 Å². The van der Waals surface area contributed by atoms with Gasteiger partial charge in [-0.3, -0.25) is 0 Å². The molecule has 2 aromatic rings. The SMILES string of the molecule is O=C(O)c1ccnc(Cc2ccccc2)n1. The van der Waals surface area contributed by atoms with Crippen LogP contribution in [-0.2, 0) is 6.42 Å². The monoisotopic (exact) mass is 214 g/mol. The molecule has 0 spiro atoms. The molecule has 1 heterocycles. The number of carboxylic acid groups (broad SMARTS) is 1. The van der Waals surface area contributed by atoms with E-state index < -0.39 is 5.97 Å². The highest BCUT2D eigenvalue weighted by atomic mass is 16.4. The molecule has 16 heavy (non-hydrogen) atoms. The first-order valence-corrected chi connectivity index (χ1v) is 4.85. The molecule has 4 heteroatoms. The zero-order chi connectivity index (χ0) is 11.4. The van der Waals surface area contributed by atoms with Crippen LogP contribution in [0.25, 0.3) is 0 Å². The lowest BCUT2D eigenvalue weighted by Crippen LogP contribution is -2.05. The van der Waals surface area contributed by atoms with Crippen molar-refractivity contribution in [3.63, 3.8) is 0 Å². The molecule has 0 unspecified atom stereocenters. The topological polar surface area (TPSA) is 63.1 Å². The summed E-state index contributed by atoms with van der Waals surface area (Å²) < 4.78 is 0. The summed E-state index contributed by atoms with van der Waals surface area (Å²) in [6, 6.07) is 11.1. The van der Waals surface area contributed by atoms with E-state index in [-0.39, 0.29) is 5.69 Å². The van der Waals surface area contributed by atoms with Crippen molar-refractivity contribution >= 4 is 5.97 Å². The summed E-state index contributed by atoms with van der Waals surface area (Å²) in [5.41, 5.74) is 1.09. The van der Waals surface area contributed by atoms with Crippen LogP contribution in [0.4, 0.5) is 0 Å². The number of carboxylic acids is 1. The lowest BCUT2D eigenvalue weighted by atomic mass is 10.1. The van der Waals surface area contributed by atoms with Crippen molar-refractivity contribution in [3.05, 3.63) is 59.7 Å². The molecule has 1 N–H and O–H groups in total. The second kappa shape index (κ2) is 4.53. The van der Waals surface area contributed by atoms with Gasteiger partial charge in [-0.2, -0.15) is 0 Å². The minimum absolute atomic E-state index is 0.0286. The Morgan fingerprint density at radius 3 is 2.62 bits per heavy atom. The molecule has 0 radical (unpaired) electrons. The molecule has 1 aromatic heterocycles. The first kappa shape index (κ1) is 10.3. The van der Waals surface area contributed by atoms with Crippen molar-refractivity contribution in [3.8, 4) is 0 Å². The number of aromatic nitrogens is 2. The highest BCUT2D eigenvalue weighted by Crippen LogP contribution is 2.05. The fourth-order valence-electron chi connectivity index (χ4n) is 1.38. The Kier molecular flexibility index (Phi) is 2.91. The number of rotatable bonds is 3. The fourth-order valence-corrected chi connectivity index (χ4v) is 1.38. The van der Waals surface area contributed by atoms with Gasteiger partial charge in [-0.05, 0) is 11.6 Å². The Labute approximate surface area is 92.6 Å². The smallest absolute Gasteiger partial charge is 0.354 e. The van der Waals surface area contributed by atoms with E-state index in [1.165, 1.54) is 12.3 Å². The van der Waals surface area contributed by atoms with Crippen LogP contribution in [0.15, 0.2) is 42.6 Å². The van der Waals surface area contributed by atoms with Gasteiger partial charge in [0.05, 0.1) is 0 Å². The first-order valence-electron chi connectivity index (χ1n) is 4.85. The molecule has 2 rings (SSSR count). The van der Waals surface area contributed by atoms with E-state index in [0.29, 0.717) is 12.2 Å². The van der Waals surface area contributed by atoms with E-state index in [9.17, 15) is 4.79 Å². The van der Waals surface area contributed by atoms with Crippen molar-refractivity contribution in [1.29, 1.82) is 0 Å². The van der Waals surface area contributed by atoms with Gasteiger partial charge in [0.15, 0.2) is 5.69 Å². The molecule has 0 aliphatic carbocycles. The molecular formula is C12H10N2O2. The van der Waals surface area contributed by atoms with Crippen molar-refractivity contribution in [2.45, 2.75) is 6.42 Å². The van der Waals surface area contributed by atoms with Crippen molar-refractivity contribution in [1.82, 2.24) is 9.97 Å². The number of aromatic carboxylic acids is 1. The largest absolute Gasteiger partial charge is 0.477 e. The second-order valence-electron chi connectivity index (χ2n) is 3.33. The zero-order valence-electron chi connectivity index (χ0n) is 8.50. The third kappa shape index (κ3) is 2.42. The maximum absolute atomic E-state index is 10.7. The molecule has 0 saturated heterocycles. The quantitative estimate of drug-likeness (QED) is 0.845. The van der Waals surface area contributed by atoms with Crippen LogP contribution in [0.3, 0.4) is 0 Å². The fraction of sp³-hybridized carbons (Fsp3) is 0.0833. The average molecular weight is 214 g/mol. The molecule has 1 aromatic carbocycles. The summed E-state index contributed by atoms with van der Waals surface area (Å²) in [6.07, 6.45) is 2.01. The molecule has 4 nitrogen and oxygen atoms in total. The van der Waals surface area contributed by atoms with Crippen molar-refractivity contribution < 1.29 is 9.90 Å². The predicted octanol–water partition coefficient (Wildman–Crippen LogP) is 1.77. The van der Waals surface area contributed by atoms with E-state index in [1.807, 2.05) is 30.3 Å². The number of hydrogen-bond donors (Lipinski definition) is 1. The third-order valence-electron chi connectivity index (χ3n) is 2.13. The van der Waals surface area contributed by atoms with Gasteiger partial charge in [-0.25, -0.2) is 14.8 Å². The summed E-state index contributed by atoms with van der Waals surface area (Å²) in [5, 5.41) is 8.79. The van der Waals surface area contributed by atoms with Gasteiger partial charge in [0, 0.05) is 12.6 Å². The molecule has 0 fully saturated rings. The third-order valence-corrected chi connectivity index (χ3v) is 2.13. The summed E-state index contributed by atoms with van der Waals surface area (Å²) >= 11 is 0. The highest BCUT2D eigenvalue weighted by molar-refractivity contribution is 5.85. The summed E-state index contributed by atoms with van der Waals surface area (Å²) in [7, 11) is 0. The predicted molar refractivity (Wildman–Crippen MR) is 58.2 cm³/mol. The Balaban J connectivity index is 2.22. The van der Waals surface area contributed by atoms with Crippen LogP contribution in [0, 0.1) is 0 Å². The number of nitrogens with zero attached hydrogens (tertiary/aromatic N) is 2. The average Bonchev–Trinajstić information content (AvgIpc) is 2.30. The lowest BCUT2D eigenvalue weighted by Gasteiger charge is -2.00. The molecule has 0 bridgehead atoms. The summed E-state index contributed by atoms with van der Waals surface area (Å²) in [6.45, 7) is 0. The maximum Gasteiger partial charge on any atom is 0.354 e. The van der Waals surface area contributed by atoms with Gasteiger partial charge in [-0.15, -0.1) is 0 Å². The lowest BCUT2D eigenvalue weighted by molar-refractivity contribution is 0.0690. The van der Waals surface area contributed by atoms with Gasteiger partial charge >= 0.3 is 5.97 Å². The Morgan fingerprint density at radius 1 is 1.19 bits per heavy atom. The van der Waals surface area contributed by atoms with Crippen LogP contribution in [0.2, 0.25) is 0 Å². The number of carbonyl (C=O) groups is 1. The zero-order valence-corrected chi connectivity index (χ0v) is 8.50. The Bertz CT molecular complexity index is 497. The van der Waals surface area contributed by atoms with Crippen LogP contribution in [0.5, 0.6) is 0 Å². The van der Waals surface area contributed by atoms with Crippen LogP contribution in [-0.4, -0.2) is 21.0 Å². The van der Waals surface area contributed by atoms with Gasteiger partial charge in [-0.1, -0.05) is 30.3 Å². The Hall–Kier alpha value is -2.23. The standard InChI is InChI=1S/C12H10N2O2/c15-12(16)10-6-7-13-11(14-10)8-9-4-2-1-3-5-9/h1-7H,8H2,(H,15,16). The molecule has 0 amide bonds. The Morgan fingerprint density at radius 2 is 1.94 bits per heavy atom. The minimum atomic E-state index is -1.03. The van der Waals surface area contributed by atoms with Gasteiger partial charge in [0.1, 0.15) is 5.82 Å². The highest BCUT2D eigenvalue weighted by Gasteiger charge is 2.06. The molecule has 80 valence electrons. The van der Waals surface area contributed by atoms with E-state index in [4.69, 9.17) is 5.11 Å². The summed E-state index contributed by atoms with van der Waals surface area (Å²) in [5.74, 6) is -0.511. The van der Waals surface area contributed by atoms with Gasteiger partial charge in [0.2, 0.25) is 0 Å². The van der Waals surface area contributed by atoms with Gasteiger partial charge in [0.25, 0.3) is 0 Å². The first-order chi connectivity index (χ1) is 7.75. The minimum Gasteiger partial charge on any atom is -0.477 e.